The zero-order chi connectivity index (χ0) is 12.8. The molecule has 1 aromatic carbocycles. The van der Waals surface area contributed by atoms with Crippen LogP contribution in [0.4, 0.5) is 0 Å². The van der Waals surface area contributed by atoms with Crippen LogP contribution in [0.3, 0.4) is 0 Å². The maximum Gasteiger partial charge on any atom is 0.216 e. The Morgan fingerprint density at radius 2 is 1.94 bits per heavy atom. The number of rotatable bonds is 6. The highest BCUT2D eigenvalue weighted by atomic mass is 16.6. The molecule has 1 atom stereocenters. The van der Waals surface area contributed by atoms with Gasteiger partial charge in [-0.25, -0.2) is 0 Å². The van der Waals surface area contributed by atoms with E-state index in [1.54, 1.807) is 26.4 Å². The second-order valence-electron chi connectivity index (χ2n) is 3.74. The molecule has 94 valence electrons. The molecule has 0 amide bonds. The molecule has 0 aliphatic rings. The molecule has 17 heavy (non-hydrogen) atoms. The number of ether oxygens (including phenoxy) is 2. The van der Waals surface area contributed by atoms with Crippen LogP contribution in [-0.4, -0.2) is 25.2 Å². The number of methoxy groups -OCH3 is 2. The van der Waals surface area contributed by atoms with Gasteiger partial charge >= 0.3 is 0 Å². The molecule has 0 fully saturated rings. The normalized spacial score (nSPS) is 11.9. The lowest BCUT2D eigenvalue weighted by Gasteiger charge is -2.11. The molecule has 1 aromatic rings. The van der Waals surface area contributed by atoms with Crippen LogP contribution in [0.25, 0.3) is 0 Å². The van der Waals surface area contributed by atoms with E-state index in [-0.39, 0.29) is 4.92 Å². The maximum atomic E-state index is 10.8. The first-order valence-electron chi connectivity index (χ1n) is 5.46. The van der Waals surface area contributed by atoms with Crippen molar-refractivity contribution < 1.29 is 14.4 Å². The van der Waals surface area contributed by atoms with Gasteiger partial charge in [-0.2, -0.15) is 0 Å². The summed E-state index contributed by atoms with van der Waals surface area (Å²) in [5.41, 5.74) is 0.881. The third-order valence-corrected chi connectivity index (χ3v) is 2.69. The van der Waals surface area contributed by atoms with Gasteiger partial charge < -0.3 is 9.47 Å². The zero-order valence-corrected chi connectivity index (χ0v) is 10.3. The Morgan fingerprint density at radius 1 is 1.29 bits per heavy atom. The number of benzene rings is 1. The summed E-state index contributed by atoms with van der Waals surface area (Å²) in [6, 6.07) is 4.83. The lowest BCUT2D eigenvalue weighted by atomic mass is 10.0. The van der Waals surface area contributed by atoms with Crippen molar-refractivity contribution in [2.75, 3.05) is 14.2 Å². The quantitative estimate of drug-likeness (QED) is 0.564. The first-order chi connectivity index (χ1) is 8.12. The van der Waals surface area contributed by atoms with E-state index in [1.165, 1.54) is 0 Å². The standard InChI is InChI=1S/C12H17NO4/c1-4-10(13(14)15)7-9-5-6-11(16-2)12(8-9)17-3/h5-6,8,10H,4,7H2,1-3H3. The Balaban J connectivity index is 2.88. The number of nitro groups is 1. The predicted molar refractivity (Wildman–Crippen MR) is 64.3 cm³/mol. The molecule has 0 N–H and O–H groups in total. The average Bonchev–Trinajstić information content (AvgIpc) is 2.35. The van der Waals surface area contributed by atoms with Crippen molar-refractivity contribution in [2.24, 2.45) is 0 Å². The predicted octanol–water partition coefficient (Wildman–Crippen LogP) is 2.30. The summed E-state index contributed by atoms with van der Waals surface area (Å²) in [6.07, 6.45) is 0.922. The fourth-order valence-corrected chi connectivity index (χ4v) is 1.65. The summed E-state index contributed by atoms with van der Waals surface area (Å²) in [7, 11) is 3.11. The van der Waals surface area contributed by atoms with Crippen LogP contribution in [0.2, 0.25) is 0 Å². The van der Waals surface area contributed by atoms with E-state index in [9.17, 15) is 10.1 Å². The molecule has 0 radical (unpaired) electrons. The van der Waals surface area contributed by atoms with E-state index in [0.717, 1.165) is 5.56 Å². The van der Waals surface area contributed by atoms with Crippen molar-refractivity contribution in [3.05, 3.63) is 33.9 Å². The lowest BCUT2D eigenvalue weighted by Crippen LogP contribution is -2.21. The van der Waals surface area contributed by atoms with Crippen molar-refractivity contribution >= 4 is 0 Å². The molecule has 0 aliphatic heterocycles. The molecule has 0 spiro atoms. The molecule has 5 heteroatoms. The van der Waals surface area contributed by atoms with E-state index in [2.05, 4.69) is 0 Å². The van der Waals surface area contributed by atoms with Gasteiger partial charge in [0.2, 0.25) is 6.04 Å². The third-order valence-electron chi connectivity index (χ3n) is 2.69. The summed E-state index contributed by atoms with van der Waals surface area (Å²) in [5.74, 6) is 1.23. The molecule has 0 heterocycles. The Bertz CT molecular complexity index is 392. The fraction of sp³-hybridized carbons (Fsp3) is 0.500. The summed E-state index contributed by atoms with van der Waals surface area (Å²) in [4.78, 5) is 10.5. The SMILES string of the molecule is CCC(Cc1ccc(OC)c(OC)c1)[N+](=O)[O-]. The van der Waals surface area contributed by atoms with E-state index in [4.69, 9.17) is 9.47 Å². The number of nitrogens with zero attached hydrogens (tertiary/aromatic N) is 1. The molecular weight excluding hydrogens is 222 g/mol. The molecule has 0 aromatic heterocycles. The molecule has 0 aliphatic carbocycles. The summed E-state index contributed by atoms with van der Waals surface area (Å²) in [5, 5.41) is 10.8. The number of hydrogen-bond donors (Lipinski definition) is 0. The molecule has 0 saturated carbocycles. The van der Waals surface area contributed by atoms with Gasteiger partial charge in [0.25, 0.3) is 0 Å². The van der Waals surface area contributed by atoms with Crippen LogP contribution in [0.15, 0.2) is 18.2 Å². The first-order valence-corrected chi connectivity index (χ1v) is 5.46. The first kappa shape index (κ1) is 13.3. The summed E-state index contributed by atoms with van der Waals surface area (Å²) >= 11 is 0. The molecule has 0 bridgehead atoms. The largest absolute Gasteiger partial charge is 0.493 e. The highest BCUT2D eigenvalue weighted by molar-refractivity contribution is 5.43. The highest BCUT2D eigenvalue weighted by Gasteiger charge is 2.18. The van der Waals surface area contributed by atoms with Crippen LogP contribution >= 0.6 is 0 Å². The number of hydrogen-bond acceptors (Lipinski definition) is 4. The van der Waals surface area contributed by atoms with Gasteiger partial charge in [-0.05, 0) is 17.7 Å². The molecular formula is C12H17NO4. The van der Waals surface area contributed by atoms with Gasteiger partial charge in [-0.15, -0.1) is 0 Å². The van der Waals surface area contributed by atoms with Gasteiger partial charge in [0.15, 0.2) is 11.5 Å². The van der Waals surface area contributed by atoms with Gasteiger partial charge in [0.05, 0.1) is 14.2 Å². The minimum absolute atomic E-state index is 0.239. The van der Waals surface area contributed by atoms with Crippen LogP contribution in [0, 0.1) is 10.1 Å². The Hall–Kier alpha value is -1.78. The van der Waals surface area contributed by atoms with Crippen molar-refractivity contribution in [1.82, 2.24) is 0 Å². The minimum Gasteiger partial charge on any atom is -0.493 e. The van der Waals surface area contributed by atoms with Crippen LogP contribution in [-0.2, 0) is 6.42 Å². The smallest absolute Gasteiger partial charge is 0.216 e. The van der Waals surface area contributed by atoms with E-state index in [1.807, 2.05) is 13.0 Å². The van der Waals surface area contributed by atoms with Crippen molar-refractivity contribution in [1.29, 1.82) is 0 Å². The second kappa shape index (κ2) is 6.08. The van der Waals surface area contributed by atoms with Crippen molar-refractivity contribution in [3.8, 4) is 11.5 Å². The van der Waals surface area contributed by atoms with Gasteiger partial charge in [-0.1, -0.05) is 13.0 Å². The molecule has 5 nitrogen and oxygen atoms in total. The van der Waals surface area contributed by atoms with E-state index >= 15 is 0 Å². The van der Waals surface area contributed by atoms with Gasteiger partial charge in [-0.3, -0.25) is 10.1 Å². The Morgan fingerprint density at radius 3 is 2.41 bits per heavy atom. The zero-order valence-electron chi connectivity index (χ0n) is 10.3. The van der Waals surface area contributed by atoms with Gasteiger partial charge in [0, 0.05) is 17.8 Å². The second-order valence-corrected chi connectivity index (χ2v) is 3.74. The molecule has 1 rings (SSSR count). The minimum atomic E-state index is -0.548. The Labute approximate surface area is 101 Å². The molecule has 0 saturated heterocycles. The third kappa shape index (κ3) is 3.34. The summed E-state index contributed by atoms with van der Waals surface area (Å²) < 4.78 is 10.3. The topological polar surface area (TPSA) is 61.6 Å². The Kier molecular flexibility index (Phi) is 4.75. The van der Waals surface area contributed by atoms with Gasteiger partial charge in [0.1, 0.15) is 0 Å². The van der Waals surface area contributed by atoms with Crippen LogP contribution in [0.5, 0.6) is 11.5 Å². The fourth-order valence-electron chi connectivity index (χ4n) is 1.65. The molecule has 1 unspecified atom stereocenters. The van der Waals surface area contributed by atoms with Crippen molar-refractivity contribution in [3.63, 3.8) is 0 Å². The maximum absolute atomic E-state index is 10.8. The average molecular weight is 239 g/mol. The lowest BCUT2D eigenvalue weighted by molar-refractivity contribution is -0.522. The van der Waals surface area contributed by atoms with E-state index in [0.29, 0.717) is 24.3 Å². The van der Waals surface area contributed by atoms with Crippen LogP contribution in [0.1, 0.15) is 18.9 Å². The summed E-state index contributed by atoms with van der Waals surface area (Å²) in [6.45, 7) is 1.81. The monoisotopic (exact) mass is 239 g/mol. The highest BCUT2D eigenvalue weighted by Crippen LogP contribution is 2.28. The van der Waals surface area contributed by atoms with Crippen molar-refractivity contribution in [2.45, 2.75) is 25.8 Å². The van der Waals surface area contributed by atoms with Crippen LogP contribution < -0.4 is 9.47 Å². The van der Waals surface area contributed by atoms with E-state index < -0.39 is 6.04 Å².